The van der Waals surface area contributed by atoms with E-state index in [1.54, 1.807) is 25.4 Å². The van der Waals surface area contributed by atoms with E-state index in [4.69, 9.17) is 14.0 Å². The highest BCUT2D eigenvalue weighted by Crippen LogP contribution is 2.39. The molecule has 3 aromatic heterocycles. The van der Waals surface area contributed by atoms with E-state index in [0.717, 1.165) is 24.1 Å². The van der Waals surface area contributed by atoms with Crippen LogP contribution in [0.15, 0.2) is 47.2 Å². The molecule has 3 heterocycles. The van der Waals surface area contributed by atoms with Gasteiger partial charge in [-0.15, -0.1) is 0 Å². The molecular formula is C21H18FN5O3. The zero-order valence-corrected chi connectivity index (χ0v) is 16.1. The summed E-state index contributed by atoms with van der Waals surface area (Å²) < 4.78 is 29.6. The number of ether oxygens (including phenoxy) is 2. The van der Waals surface area contributed by atoms with Gasteiger partial charge in [0.25, 0.3) is 0 Å². The molecule has 0 radical (unpaired) electrons. The number of H-pyrrole nitrogens is 1. The van der Waals surface area contributed by atoms with E-state index in [-0.39, 0.29) is 6.61 Å². The molecule has 1 aromatic carbocycles. The number of methoxy groups -OCH3 is 1. The lowest BCUT2D eigenvalue weighted by Gasteiger charge is -2.10. The first-order valence-corrected chi connectivity index (χ1v) is 9.50. The minimum atomic E-state index is -0.535. The van der Waals surface area contributed by atoms with Crippen LogP contribution in [0, 0.1) is 5.95 Å². The zero-order chi connectivity index (χ0) is 20.5. The molecule has 1 fully saturated rings. The molecule has 0 aliphatic heterocycles. The van der Waals surface area contributed by atoms with Gasteiger partial charge in [0.1, 0.15) is 17.3 Å². The molecule has 0 saturated heterocycles. The van der Waals surface area contributed by atoms with Gasteiger partial charge in [-0.2, -0.15) is 9.37 Å². The second-order valence-corrected chi connectivity index (χ2v) is 6.99. The molecule has 152 valence electrons. The summed E-state index contributed by atoms with van der Waals surface area (Å²) in [6, 6.07) is 8.41. The summed E-state index contributed by atoms with van der Waals surface area (Å²) >= 11 is 0. The van der Waals surface area contributed by atoms with E-state index >= 15 is 0 Å². The average molecular weight is 407 g/mol. The Balaban J connectivity index is 1.32. The van der Waals surface area contributed by atoms with Crippen molar-refractivity contribution in [2.24, 2.45) is 0 Å². The van der Waals surface area contributed by atoms with Gasteiger partial charge in [-0.1, -0.05) is 5.16 Å². The summed E-state index contributed by atoms with van der Waals surface area (Å²) in [7, 11) is 1.59. The Morgan fingerprint density at radius 1 is 1.17 bits per heavy atom. The van der Waals surface area contributed by atoms with Crippen molar-refractivity contribution < 1.29 is 18.4 Å². The van der Waals surface area contributed by atoms with E-state index in [9.17, 15) is 4.39 Å². The number of pyridine rings is 1. The zero-order valence-electron chi connectivity index (χ0n) is 16.1. The first kappa shape index (κ1) is 18.3. The number of aromatic nitrogens is 5. The summed E-state index contributed by atoms with van der Waals surface area (Å²) in [5.41, 5.74) is 2.26. The summed E-state index contributed by atoms with van der Waals surface area (Å²) in [5.74, 6) is 2.91. The molecule has 1 aliphatic carbocycles. The Labute approximate surface area is 171 Å². The van der Waals surface area contributed by atoms with Crippen LogP contribution in [0.25, 0.3) is 22.6 Å². The van der Waals surface area contributed by atoms with Gasteiger partial charge in [-0.3, -0.25) is 0 Å². The minimum absolute atomic E-state index is 0.213. The average Bonchev–Trinajstić information content (AvgIpc) is 3.31. The van der Waals surface area contributed by atoms with Crippen molar-refractivity contribution in [3.8, 4) is 34.1 Å². The maximum atomic E-state index is 13.0. The third-order valence-corrected chi connectivity index (χ3v) is 4.82. The lowest BCUT2D eigenvalue weighted by Crippen LogP contribution is -1.98. The van der Waals surface area contributed by atoms with Crippen LogP contribution in [0.4, 0.5) is 4.39 Å². The van der Waals surface area contributed by atoms with Crippen molar-refractivity contribution in [2.75, 3.05) is 7.11 Å². The predicted octanol–water partition coefficient (Wildman–Crippen LogP) is 4.13. The van der Waals surface area contributed by atoms with Crippen LogP contribution in [0.2, 0.25) is 0 Å². The van der Waals surface area contributed by atoms with E-state index in [1.807, 2.05) is 12.1 Å². The molecule has 0 amide bonds. The third kappa shape index (κ3) is 3.73. The number of halogens is 1. The van der Waals surface area contributed by atoms with Crippen LogP contribution < -0.4 is 9.47 Å². The molecule has 0 atom stereocenters. The largest absolute Gasteiger partial charge is 0.496 e. The molecule has 1 N–H and O–H groups in total. The highest BCUT2D eigenvalue weighted by molar-refractivity contribution is 5.70. The Kier molecular flexibility index (Phi) is 4.62. The fourth-order valence-corrected chi connectivity index (χ4v) is 3.07. The maximum Gasteiger partial charge on any atom is 0.229 e. The summed E-state index contributed by atoms with van der Waals surface area (Å²) in [4.78, 5) is 15.6. The molecule has 0 unspecified atom stereocenters. The number of benzene rings is 1. The first-order chi connectivity index (χ1) is 14.7. The lowest BCUT2D eigenvalue weighted by atomic mass is 10.1. The fourth-order valence-electron chi connectivity index (χ4n) is 3.07. The second-order valence-electron chi connectivity index (χ2n) is 6.99. The van der Waals surface area contributed by atoms with Crippen LogP contribution in [0.5, 0.6) is 11.5 Å². The third-order valence-electron chi connectivity index (χ3n) is 4.82. The van der Waals surface area contributed by atoms with Crippen LogP contribution in [-0.2, 0) is 6.61 Å². The molecular weight excluding hydrogens is 389 g/mol. The van der Waals surface area contributed by atoms with Crippen molar-refractivity contribution in [3.05, 3.63) is 60.4 Å². The van der Waals surface area contributed by atoms with Crippen molar-refractivity contribution in [3.63, 3.8) is 0 Å². The number of nitrogens with one attached hydrogen (secondary N) is 1. The fraction of sp³-hybridized carbons (Fsp3) is 0.238. The van der Waals surface area contributed by atoms with Gasteiger partial charge in [0.05, 0.1) is 19.0 Å². The molecule has 4 aromatic rings. The predicted molar refractivity (Wildman–Crippen MR) is 104 cm³/mol. The van der Waals surface area contributed by atoms with Gasteiger partial charge in [0, 0.05) is 29.3 Å². The van der Waals surface area contributed by atoms with Crippen molar-refractivity contribution >= 4 is 0 Å². The van der Waals surface area contributed by atoms with E-state index in [1.165, 1.54) is 12.3 Å². The molecule has 30 heavy (non-hydrogen) atoms. The number of rotatable bonds is 7. The smallest absolute Gasteiger partial charge is 0.229 e. The van der Waals surface area contributed by atoms with Gasteiger partial charge >= 0.3 is 0 Å². The van der Waals surface area contributed by atoms with Gasteiger partial charge in [0.2, 0.25) is 17.7 Å². The monoisotopic (exact) mass is 407 g/mol. The molecule has 9 heteroatoms. The molecule has 5 rings (SSSR count). The number of hydrogen-bond donors (Lipinski definition) is 1. The normalized spacial score (nSPS) is 13.4. The topological polar surface area (TPSA) is 99.0 Å². The molecule has 0 bridgehead atoms. The van der Waals surface area contributed by atoms with Crippen molar-refractivity contribution in [1.29, 1.82) is 0 Å². The Morgan fingerprint density at radius 2 is 2.07 bits per heavy atom. The van der Waals surface area contributed by atoms with E-state index < -0.39 is 5.95 Å². The number of imidazole rings is 1. The second kappa shape index (κ2) is 7.58. The van der Waals surface area contributed by atoms with Gasteiger partial charge < -0.3 is 19.0 Å². The van der Waals surface area contributed by atoms with Crippen LogP contribution in [0.1, 0.15) is 30.5 Å². The Bertz CT molecular complexity index is 1170. The molecule has 1 saturated carbocycles. The summed E-state index contributed by atoms with van der Waals surface area (Å²) in [5, 5.41) is 3.95. The SMILES string of the molecule is COc1cc(OCc2noc(C3CC3)n2)ccc1-c1cnc(-c2ccc(F)nc2)[nH]1. The molecule has 8 nitrogen and oxygen atoms in total. The van der Waals surface area contributed by atoms with Crippen molar-refractivity contribution in [1.82, 2.24) is 25.1 Å². The first-order valence-electron chi connectivity index (χ1n) is 9.50. The minimum Gasteiger partial charge on any atom is -0.496 e. The lowest BCUT2D eigenvalue weighted by molar-refractivity contribution is 0.283. The highest BCUT2D eigenvalue weighted by Gasteiger charge is 2.29. The summed E-state index contributed by atoms with van der Waals surface area (Å²) in [6.45, 7) is 0.213. The van der Waals surface area contributed by atoms with Crippen LogP contribution >= 0.6 is 0 Å². The van der Waals surface area contributed by atoms with Gasteiger partial charge in [-0.25, -0.2) is 9.97 Å². The standard InChI is InChI=1S/C21H18FN5O3/c1-28-17-8-14(29-11-19-26-21(30-27-19)12-2-3-12)5-6-15(17)16-10-24-20(25-16)13-4-7-18(22)23-9-13/h4-10,12H,2-3,11H2,1H3,(H,24,25). The Hall–Kier alpha value is -3.75. The maximum absolute atomic E-state index is 13.0. The van der Waals surface area contributed by atoms with E-state index in [2.05, 4.69) is 25.1 Å². The van der Waals surface area contributed by atoms with Crippen LogP contribution in [-0.4, -0.2) is 32.2 Å². The quantitative estimate of drug-likeness (QED) is 0.460. The van der Waals surface area contributed by atoms with Gasteiger partial charge in [0.15, 0.2) is 6.61 Å². The molecule has 1 aliphatic rings. The molecule has 0 spiro atoms. The number of nitrogens with zero attached hydrogens (tertiary/aromatic N) is 4. The van der Waals surface area contributed by atoms with Crippen molar-refractivity contribution in [2.45, 2.75) is 25.4 Å². The number of aromatic amines is 1. The van der Waals surface area contributed by atoms with Crippen LogP contribution in [0.3, 0.4) is 0 Å². The summed E-state index contributed by atoms with van der Waals surface area (Å²) in [6.07, 6.45) is 5.33. The van der Waals surface area contributed by atoms with E-state index in [0.29, 0.717) is 40.5 Å². The van der Waals surface area contributed by atoms with Gasteiger partial charge in [-0.05, 0) is 37.1 Å². The number of hydrogen-bond acceptors (Lipinski definition) is 7. The highest BCUT2D eigenvalue weighted by atomic mass is 19.1. The Morgan fingerprint density at radius 3 is 2.83 bits per heavy atom.